The minimum absolute atomic E-state index is 0.170. The number of carbonyl (C=O) groups is 1. The number of sulfone groups is 1. The molecule has 1 aliphatic carbocycles. The molecule has 5 rings (SSSR count). The molecule has 1 saturated carbocycles. The van der Waals surface area contributed by atoms with Crippen molar-refractivity contribution in [2.45, 2.75) is 50.7 Å². The van der Waals surface area contributed by atoms with Crippen LogP contribution >= 0.6 is 0 Å². The molecule has 0 bridgehead atoms. The Morgan fingerprint density at radius 2 is 2.10 bits per heavy atom. The summed E-state index contributed by atoms with van der Waals surface area (Å²) in [5, 5.41) is 1.14. The van der Waals surface area contributed by atoms with Crippen molar-refractivity contribution in [2.24, 2.45) is 5.41 Å². The van der Waals surface area contributed by atoms with E-state index in [-0.39, 0.29) is 18.0 Å². The van der Waals surface area contributed by atoms with Crippen molar-refractivity contribution in [1.29, 1.82) is 0 Å². The first kappa shape index (κ1) is 19.0. The predicted molar refractivity (Wildman–Crippen MR) is 105 cm³/mol. The molecular weight excluding hydrogens is 394 g/mol. The number of hydrogen-bond donors (Lipinski definition) is 0. The first-order valence-electron chi connectivity index (χ1n) is 10.2. The van der Waals surface area contributed by atoms with Crippen molar-refractivity contribution in [2.75, 3.05) is 25.8 Å². The third-order valence-electron chi connectivity index (χ3n) is 6.83. The van der Waals surface area contributed by atoms with E-state index in [1.165, 1.54) is 17.7 Å². The molecule has 0 N–H and O–H groups in total. The summed E-state index contributed by atoms with van der Waals surface area (Å²) >= 11 is 0. The zero-order valence-corrected chi connectivity index (χ0v) is 17.7. The molecule has 8 nitrogen and oxygen atoms in total. The fraction of sp³-hybridized carbons (Fsp3) is 0.650. The van der Waals surface area contributed by atoms with E-state index in [1.54, 1.807) is 11.9 Å². The SMILES string of the molecule is CN1C(=O)N(OCS(C)(=O)=O)CC12CC13CCCCC1=CN1C=CCCC1=C3O2. The maximum atomic E-state index is 12.8. The predicted octanol–water partition coefficient (Wildman–Crippen LogP) is 2.68. The molecule has 0 aromatic carbocycles. The fourth-order valence-electron chi connectivity index (χ4n) is 5.42. The average Bonchev–Trinajstić information content (AvgIpc) is 3.13. The molecule has 4 aliphatic heterocycles. The molecule has 0 aromatic heterocycles. The Morgan fingerprint density at radius 3 is 2.90 bits per heavy atom. The molecule has 2 atom stereocenters. The third-order valence-corrected chi connectivity index (χ3v) is 7.36. The summed E-state index contributed by atoms with van der Waals surface area (Å²) < 4.78 is 29.7. The number of carbonyl (C=O) groups excluding carboxylic acids is 1. The van der Waals surface area contributed by atoms with Crippen LogP contribution in [0.25, 0.3) is 0 Å². The van der Waals surface area contributed by atoms with Crippen LogP contribution in [-0.4, -0.2) is 60.8 Å². The summed E-state index contributed by atoms with van der Waals surface area (Å²) in [4.78, 5) is 22.0. The molecule has 158 valence electrons. The highest BCUT2D eigenvalue weighted by atomic mass is 32.2. The maximum absolute atomic E-state index is 12.8. The van der Waals surface area contributed by atoms with E-state index in [4.69, 9.17) is 9.57 Å². The topological polar surface area (TPSA) is 79.4 Å². The molecule has 2 saturated heterocycles. The number of ether oxygens (including phenoxy) is 1. The number of allylic oxidation sites excluding steroid dienone is 3. The highest BCUT2D eigenvalue weighted by Crippen LogP contribution is 2.62. The lowest BCUT2D eigenvalue weighted by Gasteiger charge is -2.42. The van der Waals surface area contributed by atoms with Gasteiger partial charge in [-0.15, -0.1) is 0 Å². The second kappa shape index (κ2) is 6.25. The molecule has 2 spiro atoms. The van der Waals surface area contributed by atoms with Crippen LogP contribution in [0.5, 0.6) is 0 Å². The number of hydrogen-bond acceptors (Lipinski definition) is 6. The summed E-state index contributed by atoms with van der Waals surface area (Å²) in [6, 6.07) is -0.365. The van der Waals surface area contributed by atoms with Crippen molar-refractivity contribution in [3.05, 3.63) is 35.5 Å². The molecule has 5 aliphatic rings. The molecule has 2 amide bonds. The van der Waals surface area contributed by atoms with E-state index in [2.05, 4.69) is 23.4 Å². The Hall–Kier alpha value is -2.00. The fourth-order valence-corrected chi connectivity index (χ4v) is 5.74. The zero-order valence-electron chi connectivity index (χ0n) is 16.9. The molecule has 0 radical (unpaired) electrons. The van der Waals surface area contributed by atoms with E-state index < -0.39 is 21.5 Å². The Balaban J connectivity index is 1.52. The second-order valence-corrected chi connectivity index (χ2v) is 10.9. The van der Waals surface area contributed by atoms with Crippen LogP contribution in [0.15, 0.2) is 35.5 Å². The Labute approximate surface area is 171 Å². The average molecular weight is 422 g/mol. The number of amides is 2. The molecule has 4 heterocycles. The Kier molecular flexibility index (Phi) is 4.09. The van der Waals surface area contributed by atoms with Crippen LogP contribution in [0, 0.1) is 5.41 Å². The molecule has 0 aromatic rings. The van der Waals surface area contributed by atoms with Gasteiger partial charge in [-0.1, -0.05) is 12.5 Å². The van der Waals surface area contributed by atoms with Crippen molar-refractivity contribution in [1.82, 2.24) is 14.9 Å². The summed E-state index contributed by atoms with van der Waals surface area (Å²) in [6.07, 6.45) is 14.6. The summed E-state index contributed by atoms with van der Waals surface area (Å²) in [5.74, 6) is 0.481. The normalized spacial score (nSPS) is 33.7. The second-order valence-electron chi connectivity index (χ2n) is 8.83. The van der Waals surface area contributed by atoms with E-state index >= 15 is 0 Å². The number of hydroxylamine groups is 2. The molecule has 3 fully saturated rings. The van der Waals surface area contributed by atoms with Gasteiger partial charge in [0, 0.05) is 32.1 Å². The van der Waals surface area contributed by atoms with E-state index in [0.29, 0.717) is 6.42 Å². The minimum Gasteiger partial charge on any atom is -0.467 e. The minimum atomic E-state index is -3.35. The van der Waals surface area contributed by atoms with E-state index in [1.807, 2.05) is 0 Å². The van der Waals surface area contributed by atoms with Crippen molar-refractivity contribution >= 4 is 15.9 Å². The smallest absolute Gasteiger partial charge is 0.347 e. The van der Waals surface area contributed by atoms with Crippen LogP contribution < -0.4 is 0 Å². The summed E-state index contributed by atoms with van der Waals surface area (Å²) in [5.41, 5.74) is 1.55. The zero-order chi connectivity index (χ0) is 20.4. The van der Waals surface area contributed by atoms with Crippen LogP contribution in [0.4, 0.5) is 4.79 Å². The van der Waals surface area contributed by atoms with Crippen molar-refractivity contribution < 1.29 is 22.8 Å². The lowest BCUT2D eigenvalue weighted by Crippen LogP contribution is -2.45. The first-order valence-corrected chi connectivity index (χ1v) is 12.3. The van der Waals surface area contributed by atoms with Gasteiger partial charge in [0.05, 0.1) is 11.1 Å². The molecule has 29 heavy (non-hydrogen) atoms. The largest absolute Gasteiger partial charge is 0.467 e. The van der Waals surface area contributed by atoms with E-state index in [0.717, 1.165) is 49.2 Å². The summed E-state index contributed by atoms with van der Waals surface area (Å²) in [6.45, 7) is 0.194. The maximum Gasteiger partial charge on any atom is 0.347 e. The molecule has 9 heteroatoms. The van der Waals surface area contributed by atoms with Crippen molar-refractivity contribution in [3.8, 4) is 0 Å². The number of urea groups is 1. The molecule has 2 unspecified atom stereocenters. The van der Waals surface area contributed by atoms with Gasteiger partial charge < -0.3 is 9.64 Å². The van der Waals surface area contributed by atoms with Gasteiger partial charge in [0.15, 0.2) is 15.8 Å². The van der Waals surface area contributed by atoms with E-state index in [9.17, 15) is 13.2 Å². The highest BCUT2D eigenvalue weighted by molar-refractivity contribution is 7.90. The Morgan fingerprint density at radius 1 is 1.28 bits per heavy atom. The van der Waals surface area contributed by atoms with Gasteiger partial charge in [-0.2, -0.15) is 5.06 Å². The lowest BCUT2D eigenvalue weighted by molar-refractivity contribution is -0.112. The summed E-state index contributed by atoms with van der Waals surface area (Å²) in [7, 11) is -1.63. The van der Waals surface area contributed by atoms with Gasteiger partial charge in [0.2, 0.25) is 5.72 Å². The number of rotatable bonds is 3. The first-order chi connectivity index (χ1) is 13.7. The number of fused-ring (bicyclic) bond motifs is 1. The van der Waals surface area contributed by atoms with Crippen LogP contribution in [0.1, 0.15) is 44.9 Å². The number of nitrogens with zero attached hydrogens (tertiary/aromatic N) is 3. The van der Waals surface area contributed by atoms with Crippen LogP contribution in [0.3, 0.4) is 0 Å². The van der Waals surface area contributed by atoms with Gasteiger partial charge in [0.1, 0.15) is 12.3 Å². The van der Waals surface area contributed by atoms with Gasteiger partial charge in [-0.3, -0.25) is 9.74 Å². The lowest BCUT2D eigenvalue weighted by atomic mass is 9.65. The quantitative estimate of drug-likeness (QED) is 0.697. The number of likely N-dealkylation sites (N-methyl/N-ethyl adjacent to an activating group) is 1. The van der Waals surface area contributed by atoms with Crippen LogP contribution in [0.2, 0.25) is 0 Å². The van der Waals surface area contributed by atoms with Gasteiger partial charge >= 0.3 is 6.03 Å². The highest BCUT2D eigenvalue weighted by Gasteiger charge is 2.64. The third kappa shape index (κ3) is 2.81. The van der Waals surface area contributed by atoms with Gasteiger partial charge in [0.25, 0.3) is 0 Å². The van der Waals surface area contributed by atoms with Crippen LogP contribution in [-0.2, 0) is 19.4 Å². The van der Waals surface area contributed by atoms with Gasteiger partial charge in [-0.05, 0) is 37.7 Å². The standard InChI is InChI=1S/C20H27N3O5S/c1-21-18(24)23(27-14-29(2,25)26)13-20(21)12-19-9-5-3-7-15(19)11-22-10-6-4-8-16(22)17(19)28-20/h6,10-11H,3-5,7-9,12-14H2,1-2H3. The van der Waals surface area contributed by atoms with Crippen molar-refractivity contribution in [3.63, 3.8) is 0 Å². The molecular formula is C20H27N3O5S. The monoisotopic (exact) mass is 421 g/mol. The van der Waals surface area contributed by atoms with Gasteiger partial charge in [-0.25, -0.2) is 13.2 Å². The Bertz CT molecular complexity index is 955.